The zero-order chi connectivity index (χ0) is 17.3. The van der Waals surface area contributed by atoms with E-state index in [0.717, 1.165) is 11.4 Å². The highest BCUT2D eigenvalue weighted by Gasteiger charge is 2.11. The number of benzene rings is 1. The van der Waals surface area contributed by atoms with Crippen molar-refractivity contribution in [3.8, 4) is 0 Å². The number of nitrogens with two attached hydrogens (primary N) is 1. The van der Waals surface area contributed by atoms with E-state index in [1.807, 2.05) is 6.92 Å². The van der Waals surface area contributed by atoms with Gasteiger partial charge in [-0.05, 0) is 24.6 Å². The fourth-order valence-corrected chi connectivity index (χ4v) is 3.22. The van der Waals surface area contributed by atoms with Gasteiger partial charge in [-0.3, -0.25) is 9.59 Å². The quantitative estimate of drug-likeness (QED) is 0.722. The number of nitrogens with zero attached hydrogens (tertiary/aromatic N) is 3. The number of hydrogen-bond acceptors (Lipinski definition) is 6. The third-order valence-electron chi connectivity index (χ3n) is 3.35. The van der Waals surface area contributed by atoms with Crippen molar-refractivity contribution in [3.05, 3.63) is 55.9 Å². The maximum absolute atomic E-state index is 12.1. The lowest BCUT2D eigenvalue weighted by molar-refractivity contribution is 0.100. The lowest BCUT2D eigenvalue weighted by atomic mass is 10.1. The molecule has 2 heterocycles. The summed E-state index contributed by atoms with van der Waals surface area (Å²) in [5.74, 6) is -0.562. The predicted molar refractivity (Wildman–Crippen MR) is 93.8 cm³/mol. The number of fused-ring (bicyclic) bond motifs is 1. The van der Waals surface area contributed by atoms with Crippen LogP contribution in [0.25, 0.3) is 4.96 Å². The van der Waals surface area contributed by atoms with Crippen molar-refractivity contribution in [3.63, 3.8) is 0 Å². The topological polar surface area (TPSA) is 102 Å². The Bertz CT molecular complexity index is 982. The highest BCUT2D eigenvalue weighted by atomic mass is 35.5. The van der Waals surface area contributed by atoms with E-state index >= 15 is 0 Å². The number of rotatable bonds is 5. The number of carbonyl (C=O) groups excluding carboxylic acids is 1. The van der Waals surface area contributed by atoms with Crippen LogP contribution in [-0.4, -0.2) is 20.5 Å². The Labute approximate surface area is 146 Å². The molecule has 0 unspecified atom stereocenters. The molecular weight excluding hydrogens is 350 g/mol. The molecule has 0 atom stereocenters. The van der Waals surface area contributed by atoms with Gasteiger partial charge < -0.3 is 11.1 Å². The van der Waals surface area contributed by atoms with Crippen LogP contribution in [0.5, 0.6) is 0 Å². The van der Waals surface area contributed by atoms with Gasteiger partial charge in [-0.2, -0.15) is 9.61 Å². The Morgan fingerprint density at radius 3 is 2.92 bits per heavy atom. The minimum absolute atomic E-state index is 0.242. The molecule has 0 saturated carbocycles. The molecule has 0 spiro atoms. The summed E-state index contributed by atoms with van der Waals surface area (Å²) in [7, 11) is 0. The van der Waals surface area contributed by atoms with Gasteiger partial charge in [-0.25, -0.2) is 4.98 Å². The normalized spacial score (nSPS) is 10.9. The summed E-state index contributed by atoms with van der Waals surface area (Å²) < 4.78 is 1.29. The minimum Gasteiger partial charge on any atom is -0.379 e. The molecule has 0 aliphatic heterocycles. The van der Waals surface area contributed by atoms with Crippen LogP contribution in [0.3, 0.4) is 0 Å². The summed E-state index contributed by atoms with van der Waals surface area (Å²) in [6.45, 7) is 2.22. The summed E-state index contributed by atoms with van der Waals surface area (Å²) in [4.78, 5) is 28.5. The van der Waals surface area contributed by atoms with E-state index < -0.39 is 5.91 Å². The van der Waals surface area contributed by atoms with Crippen LogP contribution < -0.4 is 16.6 Å². The van der Waals surface area contributed by atoms with Crippen molar-refractivity contribution in [2.24, 2.45) is 5.73 Å². The van der Waals surface area contributed by atoms with Crippen LogP contribution in [0, 0.1) is 0 Å². The molecule has 0 saturated heterocycles. The second kappa shape index (κ2) is 6.58. The predicted octanol–water partition coefficient (Wildman–Crippen LogP) is 2.08. The van der Waals surface area contributed by atoms with Gasteiger partial charge in [0.1, 0.15) is 5.01 Å². The molecule has 0 fully saturated rings. The molecule has 24 heavy (non-hydrogen) atoms. The maximum Gasteiger partial charge on any atom is 0.275 e. The Kier molecular flexibility index (Phi) is 4.50. The highest BCUT2D eigenvalue weighted by molar-refractivity contribution is 7.16. The van der Waals surface area contributed by atoms with E-state index in [1.165, 1.54) is 21.9 Å². The second-order valence-electron chi connectivity index (χ2n) is 5.04. The van der Waals surface area contributed by atoms with Crippen LogP contribution in [0.4, 0.5) is 5.69 Å². The minimum atomic E-state index is -0.562. The third-order valence-corrected chi connectivity index (χ3v) is 4.64. The SMILES string of the molecule is CCc1nn2c(=O)cc(CNc3cc(Cl)ccc3C(N)=O)nc2s1. The molecule has 7 nitrogen and oxygen atoms in total. The molecule has 0 bridgehead atoms. The average Bonchev–Trinajstić information content (AvgIpc) is 2.96. The molecule has 124 valence electrons. The van der Waals surface area contributed by atoms with Crippen molar-refractivity contribution in [1.29, 1.82) is 0 Å². The zero-order valence-corrected chi connectivity index (χ0v) is 14.3. The fourth-order valence-electron chi connectivity index (χ4n) is 2.19. The number of nitrogens with one attached hydrogen (secondary N) is 1. The van der Waals surface area contributed by atoms with Gasteiger partial charge in [0.25, 0.3) is 11.5 Å². The molecule has 9 heteroatoms. The van der Waals surface area contributed by atoms with E-state index in [-0.39, 0.29) is 12.1 Å². The fraction of sp³-hybridized carbons (Fsp3) is 0.200. The second-order valence-corrected chi connectivity index (χ2v) is 6.51. The van der Waals surface area contributed by atoms with E-state index in [0.29, 0.717) is 26.9 Å². The van der Waals surface area contributed by atoms with Gasteiger partial charge >= 0.3 is 0 Å². The Morgan fingerprint density at radius 2 is 2.21 bits per heavy atom. The number of halogens is 1. The lowest BCUT2D eigenvalue weighted by Gasteiger charge is -2.10. The van der Waals surface area contributed by atoms with Gasteiger partial charge in [0.2, 0.25) is 4.96 Å². The first-order valence-corrected chi connectivity index (χ1v) is 8.39. The Morgan fingerprint density at radius 1 is 1.42 bits per heavy atom. The molecule has 0 radical (unpaired) electrons. The van der Waals surface area contributed by atoms with Gasteiger partial charge in [-0.15, -0.1) is 0 Å². The smallest absolute Gasteiger partial charge is 0.275 e. The Hall–Kier alpha value is -2.45. The number of primary amides is 1. The van der Waals surface area contributed by atoms with Crippen molar-refractivity contribution < 1.29 is 4.79 Å². The molecule has 1 aromatic carbocycles. The van der Waals surface area contributed by atoms with Gasteiger partial charge in [0.05, 0.1) is 17.8 Å². The summed E-state index contributed by atoms with van der Waals surface area (Å²) in [5, 5.41) is 8.57. The van der Waals surface area contributed by atoms with Gasteiger partial charge in [0, 0.05) is 16.8 Å². The summed E-state index contributed by atoms with van der Waals surface area (Å²) >= 11 is 7.33. The van der Waals surface area contributed by atoms with Crippen molar-refractivity contribution in [2.75, 3.05) is 5.32 Å². The maximum atomic E-state index is 12.1. The summed E-state index contributed by atoms with van der Waals surface area (Å²) in [6, 6.07) is 6.16. The molecule has 3 N–H and O–H groups in total. The number of carbonyl (C=O) groups is 1. The number of aryl methyl sites for hydroxylation is 1. The average molecular weight is 364 g/mol. The first kappa shape index (κ1) is 16.4. The van der Waals surface area contributed by atoms with Crippen molar-refractivity contribution in [2.45, 2.75) is 19.9 Å². The molecule has 1 amide bonds. The summed E-state index contributed by atoms with van der Waals surface area (Å²) in [5.41, 5.74) is 6.47. The highest BCUT2D eigenvalue weighted by Crippen LogP contribution is 2.21. The summed E-state index contributed by atoms with van der Waals surface area (Å²) in [6.07, 6.45) is 0.742. The molecule has 3 aromatic rings. The first-order valence-electron chi connectivity index (χ1n) is 7.20. The van der Waals surface area contributed by atoms with Crippen LogP contribution >= 0.6 is 22.9 Å². The van der Waals surface area contributed by atoms with Crippen LogP contribution in [-0.2, 0) is 13.0 Å². The first-order chi connectivity index (χ1) is 11.5. The number of amides is 1. The van der Waals surface area contributed by atoms with Crippen molar-refractivity contribution in [1.82, 2.24) is 14.6 Å². The lowest BCUT2D eigenvalue weighted by Crippen LogP contribution is -2.18. The molecular formula is C15H14ClN5O2S. The number of anilines is 1. The van der Waals surface area contributed by atoms with Gasteiger partial charge in [0.15, 0.2) is 0 Å². The van der Waals surface area contributed by atoms with Crippen molar-refractivity contribution >= 4 is 39.5 Å². The van der Waals surface area contributed by atoms with E-state index in [4.69, 9.17) is 17.3 Å². The van der Waals surface area contributed by atoms with Crippen LogP contribution in [0.2, 0.25) is 5.02 Å². The number of hydrogen-bond donors (Lipinski definition) is 2. The van der Waals surface area contributed by atoms with E-state index in [9.17, 15) is 9.59 Å². The molecule has 2 aromatic heterocycles. The molecule has 0 aliphatic rings. The molecule has 0 aliphatic carbocycles. The largest absolute Gasteiger partial charge is 0.379 e. The third kappa shape index (κ3) is 3.24. The molecule has 3 rings (SSSR count). The Balaban J connectivity index is 1.90. The van der Waals surface area contributed by atoms with E-state index in [2.05, 4.69) is 15.4 Å². The van der Waals surface area contributed by atoms with E-state index in [1.54, 1.807) is 18.2 Å². The standard InChI is InChI=1S/C15H14ClN5O2S/c1-2-12-20-21-13(22)6-9(19-15(21)24-12)7-18-11-5-8(16)3-4-10(11)14(17)23/h3-6,18H,2,7H2,1H3,(H2,17,23). The van der Waals surface area contributed by atoms with Crippen LogP contribution in [0.1, 0.15) is 28.0 Å². The monoisotopic (exact) mass is 363 g/mol. The van der Waals surface area contributed by atoms with Gasteiger partial charge in [-0.1, -0.05) is 29.9 Å². The zero-order valence-electron chi connectivity index (χ0n) is 12.7. The van der Waals surface area contributed by atoms with Crippen LogP contribution in [0.15, 0.2) is 29.1 Å². The number of aromatic nitrogens is 3.